The zero-order valence-electron chi connectivity index (χ0n) is 11.9. The summed E-state index contributed by atoms with van der Waals surface area (Å²) in [6.07, 6.45) is 1.62. The van der Waals surface area contributed by atoms with Crippen molar-refractivity contribution < 1.29 is 4.79 Å². The predicted molar refractivity (Wildman–Crippen MR) is 87.4 cm³/mol. The summed E-state index contributed by atoms with van der Waals surface area (Å²) < 4.78 is 0. The lowest BCUT2D eigenvalue weighted by Crippen LogP contribution is -2.44. The molecule has 6 heteroatoms. The molecule has 0 spiro atoms. The van der Waals surface area contributed by atoms with Crippen LogP contribution in [0.4, 0.5) is 5.82 Å². The first-order valence-electron chi connectivity index (χ1n) is 6.95. The van der Waals surface area contributed by atoms with Crippen LogP contribution in [0.5, 0.6) is 0 Å². The topological polar surface area (TPSA) is 71.2 Å². The van der Waals surface area contributed by atoms with Crippen LogP contribution in [0, 0.1) is 0 Å². The van der Waals surface area contributed by atoms with E-state index in [0.717, 1.165) is 28.8 Å². The van der Waals surface area contributed by atoms with Gasteiger partial charge in [0.2, 0.25) is 0 Å². The lowest BCUT2D eigenvalue weighted by Gasteiger charge is -2.33. The predicted octanol–water partition coefficient (Wildman–Crippen LogP) is 2.10. The minimum absolute atomic E-state index is 0.0510. The van der Waals surface area contributed by atoms with E-state index in [0.29, 0.717) is 11.4 Å². The quantitative estimate of drug-likeness (QED) is 0.656. The van der Waals surface area contributed by atoms with E-state index in [2.05, 4.69) is 17.3 Å². The molecule has 21 heavy (non-hydrogen) atoms. The molecule has 1 fully saturated rings. The summed E-state index contributed by atoms with van der Waals surface area (Å²) in [4.78, 5) is 19.1. The molecule has 1 saturated heterocycles. The van der Waals surface area contributed by atoms with Crippen molar-refractivity contribution in [3.05, 3.63) is 36.0 Å². The number of thioether (sulfide) groups is 1. The van der Waals surface area contributed by atoms with Crippen LogP contribution in [0.1, 0.15) is 17.3 Å². The van der Waals surface area contributed by atoms with Crippen LogP contribution in [0.15, 0.2) is 30.5 Å². The van der Waals surface area contributed by atoms with Crippen molar-refractivity contribution in [2.45, 2.75) is 13.0 Å². The van der Waals surface area contributed by atoms with Crippen LogP contribution in [-0.4, -0.2) is 39.9 Å². The zero-order valence-corrected chi connectivity index (χ0v) is 12.7. The first-order chi connectivity index (χ1) is 10.2. The summed E-state index contributed by atoms with van der Waals surface area (Å²) >= 11 is 1.89. The van der Waals surface area contributed by atoms with Gasteiger partial charge < -0.3 is 10.3 Å². The van der Waals surface area contributed by atoms with Crippen LogP contribution in [0.2, 0.25) is 0 Å². The molecule has 1 unspecified atom stereocenters. The fraction of sp³-hybridized carbons (Fsp3) is 0.333. The summed E-state index contributed by atoms with van der Waals surface area (Å²) in [5.74, 6) is 8.11. The summed E-state index contributed by atoms with van der Waals surface area (Å²) in [5, 5.41) is 1.75. The zero-order chi connectivity index (χ0) is 14.8. The van der Waals surface area contributed by atoms with E-state index >= 15 is 0 Å². The number of nitrogens with zero attached hydrogens (tertiary/aromatic N) is 2. The molecule has 0 saturated carbocycles. The molecule has 1 amide bonds. The molecule has 5 nitrogen and oxygen atoms in total. The number of amides is 1. The molecule has 1 atom stereocenters. The number of hydrogen-bond acceptors (Lipinski definition) is 5. The second-order valence-corrected chi connectivity index (χ2v) is 6.28. The molecule has 2 aromatic rings. The third kappa shape index (κ3) is 2.56. The van der Waals surface area contributed by atoms with Gasteiger partial charge in [0.05, 0.1) is 5.56 Å². The van der Waals surface area contributed by atoms with Gasteiger partial charge in [0.25, 0.3) is 5.91 Å². The maximum absolute atomic E-state index is 12.8. The van der Waals surface area contributed by atoms with Crippen molar-refractivity contribution in [2.75, 3.05) is 23.5 Å². The third-order valence-electron chi connectivity index (χ3n) is 3.79. The minimum Gasteiger partial charge on any atom is -0.334 e. The van der Waals surface area contributed by atoms with E-state index < -0.39 is 0 Å². The van der Waals surface area contributed by atoms with Gasteiger partial charge in [-0.2, -0.15) is 11.8 Å². The highest BCUT2D eigenvalue weighted by molar-refractivity contribution is 7.99. The Kier molecular flexibility index (Phi) is 3.98. The smallest absolute Gasteiger partial charge is 0.256 e. The molecule has 0 radical (unpaired) electrons. The third-order valence-corrected chi connectivity index (χ3v) is 4.98. The van der Waals surface area contributed by atoms with E-state index in [1.165, 1.54) is 0 Å². The highest BCUT2D eigenvalue weighted by Gasteiger charge is 2.26. The molecule has 0 aliphatic carbocycles. The average molecular weight is 302 g/mol. The second-order valence-electron chi connectivity index (χ2n) is 5.13. The number of benzene rings is 1. The van der Waals surface area contributed by atoms with Crippen molar-refractivity contribution in [1.82, 2.24) is 9.88 Å². The first kappa shape index (κ1) is 14.2. The standard InChI is InChI=1S/C15H18N4OS/c1-10-9-21-7-6-19(10)15(20)13-8-17-14(18-16)12-5-3-2-4-11(12)13/h2-5,8,10H,6-7,9,16H2,1H3,(H,17,18). The molecule has 1 aliphatic heterocycles. The van der Waals surface area contributed by atoms with Gasteiger partial charge in [-0.3, -0.25) is 4.79 Å². The van der Waals surface area contributed by atoms with Crippen LogP contribution in [-0.2, 0) is 0 Å². The molecular formula is C15H18N4OS. The maximum Gasteiger partial charge on any atom is 0.256 e. The highest BCUT2D eigenvalue weighted by atomic mass is 32.2. The van der Waals surface area contributed by atoms with E-state index in [9.17, 15) is 4.79 Å². The van der Waals surface area contributed by atoms with Gasteiger partial charge in [-0.25, -0.2) is 10.8 Å². The van der Waals surface area contributed by atoms with Crippen LogP contribution in [0.3, 0.4) is 0 Å². The van der Waals surface area contributed by atoms with Gasteiger partial charge in [0.15, 0.2) is 0 Å². The number of carbonyl (C=O) groups is 1. The molecule has 1 aliphatic rings. The Hall–Kier alpha value is -1.79. The number of carbonyl (C=O) groups excluding carboxylic acids is 1. The number of hydrazine groups is 1. The Morgan fingerprint density at radius 2 is 2.19 bits per heavy atom. The van der Waals surface area contributed by atoms with Crippen LogP contribution < -0.4 is 11.3 Å². The Labute approximate surface area is 127 Å². The van der Waals surface area contributed by atoms with Gasteiger partial charge in [0.1, 0.15) is 5.82 Å². The number of anilines is 1. The molecule has 1 aromatic carbocycles. The molecule has 1 aromatic heterocycles. The van der Waals surface area contributed by atoms with Crippen molar-refractivity contribution in [3.63, 3.8) is 0 Å². The fourth-order valence-electron chi connectivity index (χ4n) is 2.66. The van der Waals surface area contributed by atoms with Crippen LogP contribution >= 0.6 is 11.8 Å². The fourth-order valence-corrected chi connectivity index (χ4v) is 3.68. The number of fused-ring (bicyclic) bond motifs is 1. The Balaban J connectivity index is 2.06. The lowest BCUT2D eigenvalue weighted by molar-refractivity contribution is 0.0717. The van der Waals surface area contributed by atoms with Gasteiger partial charge in [0, 0.05) is 35.7 Å². The van der Waals surface area contributed by atoms with Crippen molar-refractivity contribution in [1.29, 1.82) is 0 Å². The molecular weight excluding hydrogens is 284 g/mol. The van der Waals surface area contributed by atoms with Gasteiger partial charge >= 0.3 is 0 Å². The lowest BCUT2D eigenvalue weighted by atomic mass is 10.1. The van der Waals surface area contributed by atoms with E-state index in [1.54, 1.807) is 6.20 Å². The number of aromatic nitrogens is 1. The second kappa shape index (κ2) is 5.91. The largest absolute Gasteiger partial charge is 0.334 e. The number of nitrogens with one attached hydrogen (secondary N) is 1. The van der Waals surface area contributed by atoms with Crippen LogP contribution in [0.25, 0.3) is 10.8 Å². The van der Waals surface area contributed by atoms with Crippen molar-refractivity contribution in [2.24, 2.45) is 5.84 Å². The van der Waals surface area contributed by atoms with E-state index in [1.807, 2.05) is 40.9 Å². The maximum atomic E-state index is 12.8. The van der Waals surface area contributed by atoms with E-state index in [4.69, 9.17) is 5.84 Å². The summed E-state index contributed by atoms with van der Waals surface area (Å²) in [5.41, 5.74) is 3.23. The molecule has 2 heterocycles. The number of nitrogen functional groups attached to an aromatic ring is 1. The van der Waals surface area contributed by atoms with Gasteiger partial charge in [-0.15, -0.1) is 0 Å². The Bertz CT molecular complexity index is 676. The minimum atomic E-state index is 0.0510. The van der Waals surface area contributed by atoms with E-state index in [-0.39, 0.29) is 11.9 Å². The molecule has 110 valence electrons. The van der Waals surface area contributed by atoms with Crippen molar-refractivity contribution >= 4 is 34.3 Å². The number of hydrogen-bond donors (Lipinski definition) is 2. The normalized spacial score (nSPS) is 18.8. The molecule has 3 rings (SSSR count). The Morgan fingerprint density at radius 1 is 1.43 bits per heavy atom. The number of pyridine rings is 1. The number of rotatable bonds is 2. The highest BCUT2D eigenvalue weighted by Crippen LogP contribution is 2.26. The average Bonchev–Trinajstić information content (AvgIpc) is 2.53. The summed E-state index contributed by atoms with van der Waals surface area (Å²) in [7, 11) is 0. The van der Waals surface area contributed by atoms with Gasteiger partial charge in [-0.1, -0.05) is 24.3 Å². The summed E-state index contributed by atoms with van der Waals surface area (Å²) in [6.45, 7) is 2.88. The monoisotopic (exact) mass is 302 g/mol. The Morgan fingerprint density at radius 3 is 2.90 bits per heavy atom. The molecule has 0 bridgehead atoms. The molecule has 3 N–H and O–H groups in total. The SMILES string of the molecule is CC1CSCCN1C(=O)c1cnc(NN)c2ccccc12. The number of nitrogens with two attached hydrogens (primary N) is 1. The van der Waals surface area contributed by atoms with Crippen molar-refractivity contribution in [3.8, 4) is 0 Å². The van der Waals surface area contributed by atoms with Gasteiger partial charge in [-0.05, 0) is 12.3 Å². The summed E-state index contributed by atoms with van der Waals surface area (Å²) in [6, 6.07) is 7.95. The first-order valence-corrected chi connectivity index (χ1v) is 8.11.